The number of aromatic nitrogens is 2. The van der Waals surface area contributed by atoms with Gasteiger partial charge in [0.15, 0.2) is 7.05 Å². The van der Waals surface area contributed by atoms with Crippen LogP contribution in [-0.2, 0) is 7.05 Å². The Balaban J connectivity index is 0.00000147. The van der Waals surface area contributed by atoms with Gasteiger partial charge >= 0.3 is 5.89 Å². The maximum absolute atomic E-state index is 5.60. The van der Waals surface area contributed by atoms with Gasteiger partial charge in [-0.1, -0.05) is 47.1 Å². The predicted molar refractivity (Wildman–Crippen MR) is 73.3 cm³/mol. The second-order valence-electron chi connectivity index (χ2n) is 4.49. The Labute approximate surface area is 135 Å². The molecule has 3 rings (SSSR count). The molecule has 1 heterocycles. The first-order chi connectivity index (χ1) is 9.24. The summed E-state index contributed by atoms with van der Waals surface area (Å²) in [4.78, 5) is 0. The zero-order valence-corrected chi connectivity index (χ0v) is 13.5. The molecule has 0 atom stereocenters. The molecule has 102 valence electrons. The fourth-order valence-corrected chi connectivity index (χ4v) is 1.99. The van der Waals surface area contributed by atoms with Crippen molar-refractivity contribution in [3.05, 3.63) is 60.5 Å². The number of aryl methyl sites for hydroxylation is 2. The van der Waals surface area contributed by atoms with Crippen molar-refractivity contribution >= 4 is 0 Å². The van der Waals surface area contributed by atoms with E-state index in [-0.39, 0.29) is 24.0 Å². The summed E-state index contributed by atoms with van der Waals surface area (Å²) in [6.07, 6.45) is 0. The van der Waals surface area contributed by atoms with E-state index in [0.29, 0.717) is 5.89 Å². The van der Waals surface area contributed by atoms with E-state index in [1.165, 1.54) is 11.1 Å². The van der Waals surface area contributed by atoms with Crippen LogP contribution in [0.3, 0.4) is 0 Å². The van der Waals surface area contributed by atoms with Gasteiger partial charge in [-0.25, -0.2) is 0 Å². The van der Waals surface area contributed by atoms with Gasteiger partial charge in [0, 0.05) is 10.7 Å². The third-order valence-electron chi connectivity index (χ3n) is 3.18. The van der Waals surface area contributed by atoms with E-state index in [0.717, 1.165) is 11.5 Å². The van der Waals surface area contributed by atoms with E-state index < -0.39 is 0 Å². The number of hydrogen-bond donors (Lipinski definition) is 0. The van der Waals surface area contributed by atoms with Crippen LogP contribution in [0.15, 0.2) is 59.0 Å². The minimum absolute atomic E-state index is 0. The molecule has 0 bridgehead atoms. The lowest BCUT2D eigenvalue weighted by atomic mass is 10.0. The normalized spacial score (nSPS) is 10.1. The Hall–Kier alpha value is -1.69. The monoisotopic (exact) mass is 378 g/mol. The standard InChI is InChI=1S/C16H15N2O.HI/c1-12-18(2)17-16(19-12)15-10-8-14(9-11-15)13-6-4-3-5-7-13;/h3-11H,1-2H3;1H/q+1;/p-1. The van der Waals surface area contributed by atoms with Crippen LogP contribution in [-0.4, -0.2) is 5.10 Å². The Bertz CT molecular complexity index is 671. The number of benzene rings is 2. The summed E-state index contributed by atoms with van der Waals surface area (Å²) < 4.78 is 7.33. The van der Waals surface area contributed by atoms with Gasteiger partial charge in [-0.15, -0.1) is 0 Å². The van der Waals surface area contributed by atoms with Gasteiger partial charge in [-0.3, -0.25) is 0 Å². The highest BCUT2D eigenvalue weighted by Gasteiger charge is 2.14. The largest absolute Gasteiger partial charge is 1.00 e. The van der Waals surface area contributed by atoms with Crippen LogP contribution in [0.5, 0.6) is 0 Å². The maximum atomic E-state index is 5.60. The van der Waals surface area contributed by atoms with Crippen molar-refractivity contribution in [3.63, 3.8) is 0 Å². The number of nitrogens with zero attached hydrogens (tertiary/aromatic N) is 2. The lowest BCUT2D eigenvalue weighted by molar-refractivity contribution is -0.736. The molecule has 0 saturated heterocycles. The van der Waals surface area contributed by atoms with Crippen LogP contribution in [0.1, 0.15) is 5.89 Å². The highest BCUT2D eigenvalue weighted by Crippen LogP contribution is 2.23. The van der Waals surface area contributed by atoms with Gasteiger partial charge in [-0.05, 0) is 23.3 Å². The minimum Gasteiger partial charge on any atom is -1.00 e. The number of rotatable bonds is 2. The summed E-state index contributed by atoms with van der Waals surface area (Å²) in [5, 5.41) is 4.33. The van der Waals surface area contributed by atoms with Gasteiger partial charge < -0.3 is 28.4 Å². The maximum Gasteiger partial charge on any atom is 0.370 e. The summed E-state index contributed by atoms with van der Waals surface area (Å²) >= 11 is 0. The highest BCUT2D eigenvalue weighted by atomic mass is 127. The van der Waals surface area contributed by atoms with E-state index in [2.05, 4.69) is 29.4 Å². The Morgan fingerprint density at radius 2 is 1.40 bits per heavy atom. The van der Waals surface area contributed by atoms with Gasteiger partial charge in [-0.2, -0.15) is 0 Å². The Kier molecular flexibility index (Phi) is 4.54. The van der Waals surface area contributed by atoms with Crippen molar-refractivity contribution in [2.75, 3.05) is 0 Å². The average Bonchev–Trinajstić information content (AvgIpc) is 2.80. The summed E-state index contributed by atoms with van der Waals surface area (Å²) in [5.74, 6) is 1.45. The molecule has 0 spiro atoms. The van der Waals surface area contributed by atoms with Crippen molar-refractivity contribution in [1.29, 1.82) is 0 Å². The zero-order chi connectivity index (χ0) is 13.2. The molecule has 4 heteroatoms. The first-order valence-electron chi connectivity index (χ1n) is 6.23. The lowest BCUT2D eigenvalue weighted by Crippen LogP contribution is -3.00. The zero-order valence-electron chi connectivity index (χ0n) is 11.4. The first-order valence-corrected chi connectivity index (χ1v) is 6.23. The molecule has 3 nitrogen and oxygen atoms in total. The fraction of sp³-hybridized carbons (Fsp3) is 0.125. The van der Waals surface area contributed by atoms with Gasteiger partial charge in [0.05, 0.1) is 6.92 Å². The SMILES string of the molecule is Cc1oc(-c2ccc(-c3ccccc3)cc2)n[n+]1C.[I-]. The van der Waals surface area contributed by atoms with E-state index in [9.17, 15) is 0 Å². The molecule has 0 fully saturated rings. The molecule has 0 N–H and O–H groups in total. The molecular weight excluding hydrogens is 363 g/mol. The van der Waals surface area contributed by atoms with Gasteiger partial charge in [0.2, 0.25) is 0 Å². The van der Waals surface area contributed by atoms with Crippen molar-refractivity contribution < 1.29 is 33.1 Å². The number of halogens is 1. The van der Waals surface area contributed by atoms with Crippen molar-refractivity contribution in [2.24, 2.45) is 7.05 Å². The van der Waals surface area contributed by atoms with Crippen LogP contribution >= 0.6 is 0 Å². The van der Waals surface area contributed by atoms with Crippen molar-refractivity contribution in [3.8, 4) is 22.6 Å². The fourth-order valence-electron chi connectivity index (χ4n) is 1.99. The summed E-state index contributed by atoms with van der Waals surface area (Å²) in [5.41, 5.74) is 3.39. The second-order valence-corrected chi connectivity index (χ2v) is 4.49. The topological polar surface area (TPSA) is 29.9 Å². The molecule has 0 aliphatic rings. The Morgan fingerprint density at radius 1 is 0.850 bits per heavy atom. The lowest BCUT2D eigenvalue weighted by Gasteiger charge is -2.01. The van der Waals surface area contributed by atoms with Crippen LogP contribution in [0, 0.1) is 6.92 Å². The molecule has 2 aromatic carbocycles. The molecule has 3 aromatic rings. The summed E-state index contributed by atoms with van der Waals surface area (Å²) in [6.45, 7) is 1.90. The quantitative estimate of drug-likeness (QED) is 0.470. The Morgan fingerprint density at radius 3 is 1.95 bits per heavy atom. The average molecular weight is 378 g/mol. The first kappa shape index (κ1) is 14.7. The molecule has 0 aliphatic carbocycles. The minimum atomic E-state index is 0. The van der Waals surface area contributed by atoms with Gasteiger partial charge in [0.1, 0.15) is 0 Å². The predicted octanol–water partition coefficient (Wildman–Crippen LogP) is 0.146. The molecule has 0 unspecified atom stereocenters. The van der Waals surface area contributed by atoms with Crippen LogP contribution < -0.4 is 28.7 Å². The van der Waals surface area contributed by atoms with Crippen molar-refractivity contribution in [1.82, 2.24) is 5.10 Å². The van der Waals surface area contributed by atoms with E-state index in [4.69, 9.17) is 4.42 Å². The molecular formula is C16H15IN2O. The van der Waals surface area contributed by atoms with Crippen LogP contribution in [0.4, 0.5) is 0 Å². The molecule has 0 radical (unpaired) electrons. The van der Waals surface area contributed by atoms with Gasteiger partial charge in [0.25, 0.3) is 5.89 Å². The molecule has 0 amide bonds. The number of hydrogen-bond acceptors (Lipinski definition) is 2. The van der Waals surface area contributed by atoms with E-state index >= 15 is 0 Å². The third-order valence-corrected chi connectivity index (χ3v) is 3.18. The molecule has 20 heavy (non-hydrogen) atoms. The summed E-state index contributed by atoms with van der Waals surface area (Å²) in [6, 6.07) is 18.6. The summed E-state index contributed by atoms with van der Waals surface area (Å²) in [7, 11) is 1.88. The highest BCUT2D eigenvalue weighted by molar-refractivity contribution is 5.66. The molecule has 0 saturated carbocycles. The third kappa shape index (κ3) is 2.90. The van der Waals surface area contributed by atoms with Crippen molar-refractivity contribution in [2.45, 2.75) is 6.92 Å². The molecule has 0 aliphatic heterocycles. The van der Waals surface area contributed by atoms with Crippen LogP contribution in [0.2, 0.25) is 0 Å². The second kappa shape index (κ2) is 6.17. The molecule has 1 aromatic heterocycles. The van der Waals surface area contributed by atoms with E-state index in [1.807, 2.05) is 44.3 Å². The van der Waals surface area contributed by atoms with Crippen LogP contribution in [0.25, 0.3) is 22.6 Å². The smallest absolute Gasteiger partial charge is 0.370 e. The van der Waals surface area contributed by atoms with E-state index in [1.54, 1.807) is 4.68 Å².